The normalized spacial score (nSPS) is 18.8. The molecule has 5 nitrogen and oxygen atoms in total. The molecule has 1 aliphatic carbocycles. The smallest absolute Gasteiger partial charge is 0.191 e. The van der Waals surface area contributed by atoms with Crippen LogP contribution < -0.4 is 10.6 Å². The molecule has 0 spiro atoms. The number of hydrogen-bond donors (Lipinski definition) is 2. The zero-order chi connectivity index (χ0) is 15.1. The molecule has 1 aromatic heterocycles. The Bertz CT molecular complexity index is 421. The fourth-order valence-corrected chi connectivity index (χ4v) is 2.85. The van der Waals surface area contributed by atoms with Crippen molar-refractivity contribution in [2.24, 2.45) is 4.99 Å². The van der Waals surface area contributed by atoms with Gasteiger partial charge in [0.1, 0.15) is 5.76 Å². The molecule has 21 heavy (non-hydrogen) atoms. The molecule has 1 aliphatic rings. The van der Waals surface area contributed by atoms with Crippen LogP contribution in [0.25, 0.3) is 0 Å². The van der Waals surface area contributed by atoms with Gasteiger partial charge in [-0.05, 0) is 39.1 Å². The first-order valence-electron chi connectivity index (χ1n) is 7.87. The third-order valence-electron chi connectivity index (χ3n) is 4.13. The van der Waals surface area contributed by atoms with Gasteiger partial charge < -0.3 is 15.1 Å². The van der Waals surface area contributed by atoms with Crippen LogP contribution in [0.1, 0.15) is 43.9 Å². The lowest BCUT2D eigenvalue weighted by Gasteiger charge is -2.27. The van der Waals surface area contributed by atoms with Crippen molar-refractivity contribution < 1.29 is 4.42 Å². The average Bonchev–Trinajstić information content (AvgIpc) is 3.01. The number of furan rings is 1. The summed E-state index contributed by atoms with van der Waals surface area (Å²) >= 11 is 0. The topological polar surface area (TPSA) is 52.8 Å². The summed E-state index contributed by atoms with van der Waals surface area (Å²) in [5.41, 5.74) is 0. The molecule has 0 aromatic carbocycles. The minimum atomic E-state index is 0.199. The minimum absolute atomic E-state index is 0.199. The van der Waals surface area contributed by atoms with E-state index in [2.05, 4.69) is 34.6 Å². The molecule has 0 bridgehead atoms. The number of rotatable bonds is 5. The molecule has 118 valence electrons. The molecule has 2 rings (SSSR count). The van der Waals surface area contributed by atoms with E-state index in [1.54, 1.807) is 6.26 Å². The third-order valence-corrected chi connectivity index (χ3v) is 4.13. The highest BCUT2D eigenvalue weighted by Crippen LogP contribution is 2.18. The molecule has 5 heteroatoms. The van der Waals surface area contributed by atoms with Crippen molar-refractivity contribution in [2.75, 3.05) is 27.7 Å². The lowest BCUT2D eigenvalue weighted by atomic mass is 9.96. The summed E-state index contributed by atoms with van der Waals surface area (Å²) in [6.07, 6.45) is 8.22. The fraction of sp³-hybridized carbons (Fsp3) is 0.688. The molecule has 1 atom stereocenters. The summed E-state index contributed by atoms with van der Waals surface area (Å²) in [4.78, 5) is 6.49. The van der Waals surface area contributed by atoms with E-state index in [4.69, 9.17) is 4.42 Å². The van der Waals surface area contributed by atoms with Crippen LogP contribution in [0.5, 0.6) is 0 Å². The van der Waals surface area contributed by atoms with E-state index in [1.807, 2.05) is 19.2 Å². The SMILES string of the molecule is CN=C(NCC(c1ccco1)N(C)C)NC1CCCCC1. The van der Waals surface area contributed by atoms with E-state index in [0.717, 1.165) is 18.3 Å². The average molecular weight is 292 g/mol. The van der Waals surface area contributed by atoms with Crippen molar-refractivity contribution in [1.82, 2.24) is 15.5 Å². The van der Waals surface area contributed by atoms with Crippen molar-refractivity contribution in [1.29, 1.82) is 0 Å². The molecule has 1 fully saturated rings. The molecule has 1 aromatic rings. The van der Waals surface area contributed by atoms with Crippen molar-refractivity contribution in [3.8, 4) is 0 Å². The summed E-state index contributed by atoms with van der Waals surface area (Å²) in [5.74, 6) is 1.86. The van der Waals surface area contributed by atoms with E-state index in [0.29, 0.717) is 6.04 Å². The zero-order valence-corrected chi connectivity index (χ0v) is 13.4. The molecule has 0 saturated heterocycles. The Morgan fingerprint density at radius 3 is 2.71 bits per heavy atom. The van der Waals surface area contributed by atoms with Crippen molar-refractivity contribution in [3.05, 3.63) is 24.2 Å². The highest BCUT2D eigenvalue weighted by atomic mass is 16.3. The molecule has 0 radical (unpaired) electrons. The van der Waals surface area contributed by atoms with Crippen LogP contribution in [0.4, 0.5) is 0 Å². The highest BCUT2D eigenvalue weighted by Gasteiger charge is 2.19. The molecule has 1 saturated carbocycles. The monoisotopic (exact) mass is 292 g/mol. The summed E-state index contributed by atoms with van der Waals surface area (Å²) in [6, 6.07) is 4.71. The molecule has 1 heterocycles. The van der Waals surface area contributed by atoms with Crippen LogP contribution in [-0.2, 0) is 0 Å². The van der Waals surface area contributed by atoms with Crippen LogP contribution in [0.3, 0.4) is 0 Å². The van der Waals surface area contributed by atoms with Crippen LogP contribution >= 0.6 is 0 Å². The Balaban J connectivity index is 1.86. The van der Waals surface area contributed by atoms with Gasteiger partial charge in [-0.3, -0.25) is 9.89 Å². The highest BCUT2D eigenvalue weighted by molar-refractivity contribution is 5.80. The molecule has 0 aliphatic heterocycles. The molecular weight excluding hydrogens is 264 g/mol. The van der Waals surface area contributed by atoms with Gasteiger partial charge in [-0.25, -0.2) is 0 Å². The van der Waals surface area contributed by atoms with Gasteiger partial charge in [0, 0.05) is 19.6 Å². The van der Waals surface area contributed by atoms with Gasteiger partial charge in [0.15, 0.2) is 5.96 Å². The first-order valence-corrected chi connectivity index (χ1v) is 7.87. The molecule has 0 amide bonds. The van der Waals surface area contributed by atoms with Gasteiger partial charge in [0.2, 0.25) is 0 Å². The van der Waals surface area contributed by atoms with Crippen LogP contribution in [0.15, 0.2) is 27.8 Å². The van der Waals surface area contributed by atoms with Gasteiger partial charge >= 0.3 is 0 Å². The number of hydrogen-bond acceptors (Lipinski definition) is 3. The summed E-state index contributed by atoms with van der Waals surface area (Å²) in [5, 5.41) is 6.96. The van der Waals surface area contributed by atoms with Gasteiger partial charge in [-0.2, -0.15) is 0 Å². The Hall–Kier alpha value is -1.49. The maximum Gasteiger partial charge on any atom is 0.191 e. The second-order valence-electron chi connectivity index (χ2n) is 5.93. The van der Waals surface area contributed by atoms with Crippen LogP contribution in [0, 0.1) is 0 Å². The van der Waals surface area contributed by atoms with Crippen LogP contribution in [-0.4, -0.2) is 44.6 Å². The standard InChI is InChI=1S/C16H28N4O/c1-17-16(19-13-8-5-4-6-9-13)18-12-14(20(2)3)15-10-7-11-21-15/h7,10-11,13-14H,4-6,8-9,12H2,1-3H3,(H2,17,18,19). The van der Waals surface area contributed by atoms with E-state index < -0.39 is 0 Å². The van der Waals surface area contributed by atoms with Crippen molar-refractivity contribution >= 4 is 5.96 Å². The summed E-state index contributed by atoms with van der Waals surface area (Å²) < 4.78 is 5.53. The van der Waals surface area contributed by atoms with E-state index >= 15 is 0 Å². The lowest BCUT2D eigenvalue weighted by molar-refractivity contribution is 0.257. The predicted octanol–water partition coefficient (Wildman–Crippen LogP) is 2.38. The number of nitrogens with zero attached hydrogens (tertiary/aromatic N) is 2. The second-order valence-corrected chi connectivity index (χ2v) is 5.93. The zero-order valence-electron chi connectivity index (χ0n) is 13.4. The third kappa shape index (κ3) is 4.77. The summed E-state index contributed by atoms with van der Waals surface area (Å²) in [7, 11) is 5.95. The molecule has 1 unspecified atom stereocenters. The molecular formula is C16H28N4O. The number of aliphatic imine (C=N–C) groups is 1. The van der Waals surface area contributed by atoms with Crippen LogP contribution in [0.2, 0.25) is 0 Å². The van der Waals surface area contributed by atoms with Gasteiger partial charge in [-0.1, -0.05) is 19.3 Å². The number of nitrogens with one attached hydrogen (secondary N) is 2. The Labute approximate surface area is 127 Å². The predicted molar refractivity (Wildman–Crippen MR) is 86.5 cm³/mol. The maximum atomic E-state index is 5.53. The van der Waals surface area contributed by atoms with E-state index in [9.17, 15) is 0 Å². The van der Waals surface area contributed by atoms with E-state index in [1.165, 1.54) is 32.1 Å². The Kier molecular flexibility index (Phi) is 6.11. The van der Waals surface area contributed by atoms with Gasteiger partial charge in [0.25, 0.3) is 0 Å². The first kappa shape index (κ1) is 15.9. The minimum Gasteiger partial charge on any atom is -0.468 e. The number of likely N-dealkylation sites (N-methyl/N-ethyl adjacent to an activating group) is 1. The molecule has 2 N–H and O–H groups in total. The largest absolute Gasteiger partial charge is 0.468 e. The number of guanidine groups is 1. The van der Waals surface area contributed by atoms with Crippen molar-refractivity contribution in [2.45, 2.75) is 44.2 Å². The van der Waals surface area contributed by atoms with Crippen molar-refractivity contribution in [3.63, 3.8) is 0 Å². The fourth-order valence-electron chi connectivity index (χ4n) is 2.85. The first-order chi connectivity index (χ1) is 10.2. The Morgan fingerprint density at radius 1 is 1.38 bits per heavy atom. The van der Waals surface area contributed by atoms with Gasteiger partial charge in [-0.15, -0.1) is 0 Å². The lowest BCUT2D eigenvalue weighted by Crippen LogP contribution is -2.46. The summed E-state index contributed by atoms with van der Waals surface area (Å²) in [6.45, 7) is 0.771. The maximum absolute atomic E-state index is 5.53. The van der Waals surface area contributed by atoms with Gasteiger partial charge in [0.05, 0.1) is 12.3 Å². The van der Waals surface area contributed by atoms with E-state index in [-0.39, 0.29) is 6.04 Å². The second kappa shape index (κ2) is 8.08. The Morgan fingerprint density at radius 2 is 2.14 bits per heavy atom. The quantitative estimate of drug-likeness (QED) is 0.646.